The highest BCUT2D eigenvalue weighted by Crippen LogP contribution is 2.31. The number of halogens is 2. The maximum atomic E-state index is 13.9. The van der Waals surface area contributed by atoms with Gasteiger partial charge in [-0.15, -0.1) is 11.3 Å². The summed E-state index contributed by atoms with van der Waals surface area (Å²) >= 11 is 7.93. The number of nitrogens with zero attached hydrogens (tertiary/aromatic N) is 2. The molecular formula is C31H29ClFN3O2S. The highest BCUT2D eigenvalue weighted by molar-refractivity contribution is 7.10. The molecule has 1 aliphatic rings. The SMILES string of the molecule is O=C(NCc1ccc(F)cc1)[C@@H](c1cccs1)N(Cc1ccccc1Cl)C(=O)CCN1CCc2ccccc21. The number of para-hydroxylation sites is 1. The van der Waals surface area contributed by atoms with Crippen LogP contribution < -0.4 is 10.2 Å². The topological polar surface area (TPSA) is 52.7 Å². The van der Waals surface area contributed by atoms with Crippen LogP contribution in [0.2, 0.25) is 5.02 Å². The number of hydrogen-bond donors (Lipinski definition) is 1. The molecule has 0 saturated heterocycles. The third-order valence-corrected chi connectivity index (χ3v) is 8.24. The van der Waals surface area contributed by atoms with Crippen LogP contribution in [-0.4, -0.2) is 29.8 Å². The molecule has 2 amide bonds. The van der Waals surface area contributed by atoms with Crippen molar-refractivity contribution in [2.45, 2.75) is 32.0 Å². The van der Waals surface area contributed by atoms with E-state index in [1.165, 1.54) is 29.0 Å². The highest BCUT2D eigenvalue weighted by atomic mass is 35.5. The van der Waals surface area contributed by atoms with Gasteiger partial charge in [-0.05, 0) is 58.8 Å². The van der Waals surface area contributed by atoms with Crippen LogP contribution in [0.3, 0.4) is 0 Å². The lowest BCUT2D eigenvalue weighted by Crippen LogP contribution is -2.43. The summed E-state index contributed by atoms with van der Waals surface area (Å²) in [6.07, 6.45) is 1.21. The Bertz CT molecular complexity index is 1430. The predicted octanol–water partition coefficient (Wildman–Crippen LogP) is 6.38. The zero-order valence-electron chi connectivity index (χ0n) is 21.4. The van der Waals surface area contributed by atoms with Gasteiger partial charge in [0.05, 0.1) is 0 Å². The second-order valence-corrected chi connectivity index (χ2v) is 10.9. The summed E-state index contributed by atoms with van der Waals surface area (Å²) < 4.78 is 13.4. The summed E-state index contributed by atoms with van der Waals surface area (Å²) in [5.74, 6) is -0.762. The van der Waals surface area contributed by atoms with Gasteiger partial charge in [0.2, 0.25) is 11.8 Å². The average molecular weight is 562 g/mol. The first-order valence-electron chi connectivity index (χ1n) is 12.9. The number of hydrogen-bond acceptors (Lipinski definition) is 4. The van der Waals surface area contributed by atoms with Crippen molar-refractivity contribution in [1.29, 1.82) is 0 Å². The number of nitrogens with one attached hydrogen (secondary N) is 1. The molecule has 3 aromatic carbocycles. The Morgan fingerprint density at radius 3 is 2.54 bits per heavy atom. The molecule has 0 unspecified atom stereocenters. The Kier molecular flexibility index (Phi) is 8.59. The molecule has 0 saturated carbocycles. The van der Waals surface area contributed by atoms with Gasteiger partial charge in [0.15, 0.2) is 0 Å². The molecule has 200 valence electrons. The molecule has 0 bridgehead atoms. The fourth-order valence-electron chi connectivity index (χ4n) is 4.91. The van der Waals surface area contributed by atoms with Crippen LogP contribution >= 0.6 is 22.9 Å². The standard InChI is InChI=1S/C31H29ClFN3O2S/c32-26-8-3-1-7-24(26)21-36(29(37)16-18-35-17-15-23-6-2-4-9-27(23)35)30(28-10-5-19-39-28)31(38)34-20-22-11-13-25(33)14-12-22/h1-14,19,30H,15-18,20-21H2,(H,34,38)/t30-/m1/s1. The van der Waals surface area contributed by atoms with Crippen molar-refractivity contribution in [2.24, 2.45) is 0 Å². The summed E-state index contributed by atoms with van der Waals surface area (Å²) in [5, 5.41) is 5.40. The van der Waals surface area contributed by atoms with E-state index in [0.717, 1.165) is 34.7 Å². The van der Waals surface area contributed by atoms with Crippen molar-refractivity contribution in [3.63, 3.8) is 0 Å². The minimum Gasteiger partial charge on any atom is -0.370 e. The number of rotatable bonds is 10. The van der Waals surface area contributed by atoms with Crippen molar-refractivity contribution in [1.82, 2.24) is 10.2 Å². The first-order chi connectivity index (χ1) is 19.0. The van der Waals surface area contributed by atoms with Crippen molar-refractivity contribution in [3.8, 4) is 0 Å². The molecule has 0 aliphatic carbocycles. The zero-order valence-corrected chi connectivity index (χ0v) is 22.9. The van der Waals surface area contributed by atoms with Crippen LogP contribution in [0.15, 0.2) is 90.3 Å². The second kappa shape index (κ2) is 12.5. The molecule has 0 radical (unpaired) electrons. The molecular weight excluding hydrogens is 533 g/mol. The van der Waals surface area contributed by atoms with Crippen molar-refractivity contribution in [2.75, 3.05) is 18.0 Å². The van der Waals surface area contributed by atoms with Gasteiger partial charge in [-0.25, -0.2) is 4.39 Å². The second-order valence-electron chi connectivity index (χ2n) is 9.49. The highest BCUT2D eigenvalue weighted by Gasteiger charge is 2.33. The number of fused-ring (bicyclic) bond motifs is 1. The maximum absolute atomic E-state index is 13.9. The van der Waals surface area contributed by atoms with Crippen molar-refractivity contribution < 1.29 is 14.0 Å². The summed E-state index contributed by atoms with van der Waals surface area (Å²) in [6.45, 7) is 1.84. The number of anilines is 1. The van der Waals surface area contributed by atoms with E-state index in [9.17, 15) is 14.0 Å². The van der Waals surface area contributed by atoms with Gasteiger partial charge in [-0.3, -0.25) is 9.59 Å². The fraction of sp³-hybridized carbons (Fsp3) is 0.226. The summed E-state index contributed by atoms with van der Waals surface area (Å²) in [4.78, 5) is 32.3. The van der Waals surface area contributed by atoms with Crippen LogP contribution in [-0.2, 0) is 29.1 Å². The van der Waals surface area contributed by atoms with Crippen LogP contribution in [0.1, 0.15) is 34.0 Å². The van der Waals surface area contributed by atoms with Crippen LogP contribution in [0.25, 0.3) is 0 Å². The van der Waals surface area contributed by atoms with Gasteiger partial charge in [0, 0.05) is 48.2 Å². The van der Waals surface area contributed by atoms with Gasteiger partial charge >= 0.3 is 0 Å². The monoisotopic (exact) mass is 561 g/mol. The largest absolute Gasteiger partial charge is 0.370 e. The van der Waals surface area contributed by atoms with Gasteiger partial charge in [0.1, 0.15) is 11.9 Å². The van der Waals surface area contributed by atoms with E-state index in [4.69, 9.17) is 11.6 Å². The Morgan fingerprint density at radius 1 is 1.00 bits per heavy atom. The molecule has 4 aromatic rings. The van der Waals surface area contributed by atoms with Gasteiger partial charge < -0.3 is 15.1 Å². The van der Waals surface area contributed by atoms with E-state index in [-0.39, 0.29) is 37.1 Å². The number of carbonyl (C=O) groups is 2. The molecule has 39 heavy (non-hydrogen) atoms. The molecule has 0 spiro atoms. The molecule has 5 nitrogen and oxygen atoms in total. The lowest BCUT2D eigenvalue weighted by Gasteiger charge is -2.32. The normalized spacial score (nSPS) is 13.1. The average Bonchev–Trinajstić information content (AvgIpc) is 3.63. The molecule has 0 fully saturated rings. The number of carbonyl (C=O) groups excluding carboxylic acids is 2. The minimum atomic E-state index is -0.833. The first kappa shape index (κ1) is 26.9. The van der Waals surface area contributed by atoms with E-state index in [0.29, 0.717) is 11.6 Å². The lowest BCUT2D eigenvalue weighted by molar-refractivity contribution is -0.141. The summed E-state index contributed by atoms with van der Waals surface area (Å²) in [6, 6.07) is 24.6. The number of benzene rings is 3. The smallest absolute Gasteiger partial charge is 0.248 e. The zero-order chi connectivity index (χ0) is 27.2. The molecule has 5 rings (SSSR count). The predicted molar refractivity (Wildman–Crippen MR) is 154 cm³/mol. The lowest BCUT2D eigenvalue weighted by atomic mass is 10.1. The molecule has 2 heterocycles. The van der Waals surface area contributed by atoms with E-state index in [1.54, 1.807) is 23.1 Å². The molecule has 8 heteroatoms. The Labute approximate surface area is 236 Å². The molecule has 1 N–H and O–H groups in total. The van der Waals surface area contributed by atoms with Gasteiger partial charge in [-0.2, -0.15) is 0 Å². The molecule has 1 aromatic heterocycles. The maximum Gasteiger partial charge on any atom is 0.248 e. The van der Waals surface area contributed by atoms with Gasteiger partial charge in [0.25, 0.3) is 0 Å². The third-order valence-electron chi connectivity index (χ3n) is 6.95. The fourth-order valence-corrected chi connectivity index (χ4v) is 5.94. The van der Waals surface area contributed by atoms with Crippen LogP contribution in [0.5, 0.6) is 0 Å². The van der Waals surface area contributed by atoms with Crippen molar-refractivity contribution in [3.05, 3.63) is 123 Å². The van der Waals surface area contributed by atoms with E-state index >= 15 is 0 Å². The Hall–Kier alpha value is -3.68. The number of thiophene rings is 1. The van der Waals surface area contributed by atoms with Gasteiger partial charge in [-0.1, -0.05) is 66.2 Å². The van der Waals surface area contributed by atoms with E-state index in [2.05, 4.69) is 22.3 Å². The number of amides is 2. The van der Waals surface area contributed by atoms with Crippen LogP contribution in [0.4, 0.5) is 10.1 Å². The Balaban J connectivity index is 1.39. The minimum absolute atomic E-state index is 0.130. The molecule has 1 atom stereocenters. The van der Waals surface area contributed by atoms with E-state index < -0.39 is 6.04 Å². The first-order valence-corrected chi connectivity index (χ1v) is 14.2. The summed E-state index contributed by atoms with van der Waals surface area (Å²) in [7, 11) is 0. The quantitative estimate of drug-likeness (QED) is 0.244. The van der Waals surface area contributed by atoms with Crippen molar-refractivity contribution >= 4 is 40.4 Å². The summed E-state index contributed by atoms with van der Waals surface area (Å²) in [5.41, 5.74) is 3.99. The van der Waals surface area contributed by atoms with E-state index in [1.807, 2.05) is 47.8 Å². The molecule has 1 aliphatic heterocycles. The third kappa shape index (κ3) is 6.49. The van der Waals surface area contributed by atoms with Crippen LogP contribution in [0, 0.1) is 5.82 Å². The Morgan fingerprint density at radius 2 is 1.77 bits per heavy atom.